The minimum absolute atomic E-state index is 0.0736. The van der Waals surface area contributed by atoms with Crippen molar-refractivity contribution in [2.45, 2.75) is 31.3 Å². The average Bonchev–Trinajstić information content (AvgIpc) is 2.72. The van der Waals surface area contributed by atoms with Gasteiger partial charge in [-0.15, -0.1) is 0 Å². The predicted molar refractivity (Wildman–Crippen MR) is 88.8 cm³/mol. The van der Waals surface area contributed by atoms with Gasteiger partial charge in [-0.3, -0.25) is 4.98 Å². The molecule has 1 aliphatic carbocycles. The second-order valence-corrected chi connectivity index (χ2v) is 7.70. The molecule has 1 fully saturated rings. The highest BCUT2D eigenvalue weighted by Crippen LogP contribution is 2.57. The summed E-state index contributed by atoms with van der Waals surface area (Å²) < 4.78 is 14.3. The monoisotopic (exact) mass is 364 g/mol. The smallest absolute Gasteiger partial charge is 0.139 e. The number of aliphatic hydroxyl groups excluding tert-OH is 1. The topological polar surface area (TPSA) is 36.4 Å². The first-order chi connectivity index (χ1) is 10.4. The van der Waals surface area contributed by atoms with Crippen molar-refractivity contribution < 1.29 is 9.50 Å². The van der Waals surface area contributed by atoms with Gasteiger partial charge in [0.05, 0.1) is 28.0 Å². The molecule has 0 radical (unpaired) electrons. The summed E-state index contributed by atoms with van der Waals surface area (Å²) in [5.74, 6) is 0.0715. The van der Waals surface area contributed by atoms with Crippen LogP contribution in [0.15, 0.2) is 22.8 Å². The van der Waals surface area contributed by atoms with Crippen LogP contribution in [0.25, 0.3) is 10.9 Å². The van der Waals surface area contributed by atoms with E-state index in [1.807, 2.05) is 19.2 Å². The lowest BCUT2D eigenvalue weighted by Gasteiger charge is -2.47. The van der Waals surface area contributed by atoms with Crippen molar-refractivity contribution in [3.63, 3.8) is 0 Å². The number of halogens is 2. The number of aliphatic hydroxyl groups is 1. The molecule has 0 amide bonds. The molecule has 116 valence electrons. The highest BCUT2D eigenvalue weighted by atomic mass is 79.9. The molecule has 0 bridgehead atoms. The molecule has 0 saturated heterocycles. The molecule has 3 nitrogen and oxygen atoms in total. The summed E-state index contributed by atoms with van der Waals surface area (Å²) in [6.45, 7) is 2.81. The number of rotatable bonds is 1. The average molecular weight is 365 g/mol. The number of nitrogens with zero attached hydrogens (tertiary/aromatic N) is 2. The van der Waals surface area contributed by atoms with Gasteiger partial charge in [0.15, 0.2) is 0 Å². The Morgan fingerprint density at radius 3 is 2.86 bits per heavy atom. The molecular formula is C17H18BrFN2O. The van der Waals surface area contributed by atoms with Crippen molar-refractivity contribution in [3.05, 3.63) is 34.2 Å². The summed E-state index contributed by atoms with van der Waals surface area (Å²) in [5, 5.41) is 10.9. The van der Waals surface area contributed by atoms with Gasteiger partial charge in [0.25, 0.3) is 0 Å². The van der Waals surface area contributed by atoms with Crippen LogP contribution in [-0.4, -0.2) is 29.8 Å². The Balaban J connectivity index is 1.91. The van der Waals surface area contributed by atoms with Gasteiger partial charge in [-0.1, -0.05) is 0 Å². The molecule has 1 saturated carbocycles. The van der Waals surface area contributed by atoms with Crippen LogP contribution < -0.4 is 4.90 Å². The summed E-state index contributed by atoms with van der Waals surface area (Å²) in [4.78, 5) is 6.66. The van der Waals surface area contributed by atoms with Crippen LogP contribution in [0.3, 0.4) is 0 Å². The van der Waals surface area contributed by atoms with Crippen LogP contribution in [0.1, 0.15) is 25.3 Å². The van der Waals surface area contributed by atoms with E-state index in [1.165, 1.54) is 11.6 Å². The largest absolute Gasteiger partial charge is 0.393 e. The minimum atomic E-state index is -0.282. The van der Waals surface area contributed by atoms with Gasteiger partial charge < -0.3 is 10.0 Å². The van der Waals surface area contributed by atoms with Crippen LogP contribution in [0.4, 0.5) is 10.1 Å². The van der Waals surface area contributed by atoms with Crippen molar-refractivity contribution in [2.75, 3.05) is 18.5 Å². The quantitative estimate of drug-likeness (QED) is 0.839. The standard InChI is InChI=1S/C17H18BrFN2O/c1-9(22)10-5-17(6-10)8-21(2)15-7-20-14-4-13(19)12(18)3-11(14)16(15)17/h3-4,7,9-10,22H,5-6,8H2,1-2H3. The molecule has 1 aliphatic heterocycles. The lowest BCUT2D eigenvalue weighted by molar-refractivity contribution is 0.0268. The zero-order valence-corrected chi connectivity index (χ0v) is 14.2. The molecule has 2 aromatic rings. The van der Waals surface area contributed by atoms with Crippen molar-refractivity contribution in [1.82, 2.24) is 4.98 Å². The van der Waals surface area contributed by atoms with Gasteiger partial charge in [-0.25, -0.2) is 4.39 Å². The minimum Gasteiger partial charge on any atom is -0.393 e. The van der Waals surface area contributed by atoms with E-state index in [-0.39, 0.29) is 17.3 Å². The predicted octanol–water partition coefficient (Wildman–Crippen LogP) is 3.61. The normalized spacial score (nSPS) is 28.0. The molecular weight excluding hydrogens is 347 g/mol. The number of hydrogen-bond donors (Lipinski definition) is 1. The number of hydrogen-bond acceptors (Lipinski definition) is 3. The number of pyridine rings is 1. The molecule has 1 aromatic heterocycles. The molecule has 1 aromatic carbocycles. The Hall–Kier alpha value is -1.20. The van der Waals surface area contributed by atoms with Gasteiger partial charge in [-0.05, 0) is 53.2 Å². The molecule has 2 aliphatic rings. The van der Waals surface area contributed by atoms with Crippen LogP contribution >= 0.6 is 15.9 Å². The first-order valence-electron chi connectivity index (χ1n) is 7.59. The maximum atomic E-state index is 13.8. The number of benzene rings is 1. The van der Waals surface area contributed by atoms with Gasteiger partial charge in [-0.2, -0.15) is 0 Å². The fourth-order valence-electron chi connectivity index (χ4n) is 4.26. The van der Waals surface area contributed by atoms with Crippen LogP contribution in [-0.2, 0) is 5.41 Å². The highest BCUT2D eigenvalue weighted by Gasteiger charge is 2.53. The van der Waals surface area contributed by atoms with Crippen molar-refractivity contribution in [1.29, 1.82) is 0 Å². The fourth-order valence-corrected chi connectivity index (χ4v) is 4.60. The third-order valence-corrected chi connectivity index (χ3v) is 5.97. The first-order valence-corrected chi connectivity index (χ1v) is 8.38. The van der Waals surface area contributed by atoms with Crippen molar-refractivity contribution in [2.24, 2.45) is 5.92 Å². The SMILES string of the molecule is CC(O)C1CC2(C1)CN(C)c1cnc3cc(F)c(Br)cc3c12. The maximum Gasteiger partial charge on any atom is 0.139 e. The summed E-state index contributed by atoms with van der Waals surface area (Å²) in [7, 11) is 2.08. The second kappa shape index (κ2) is 4.65. The van der Waals surface area contributed by atoms with E-state index in [1.54, 1.807) is 0 Å². The molecule has 22 heavy (non-hydrogen) atoms. The lowest BCUT2D eigenvalue weighted by Crippen LogP contribution is -2.47. The number of aromatic nitrogens is 1. The Kier molecular flexibility index (Phi) is 3.04. The molecule has 1 spiro atoms. The van der Waals surface area contributed by atoms with Gasteiger partial charge in [0, 0.05) is 30.5 Å². The lowest BCUT2D eigenvalue weighted by atomic mass is 9.57. The Labute approximate surface area is 137 Å². The summed E-state index contributed by atoms with van der Waals surface area (Å²) >= 11 is 3.30. The summed E-state index contributed by atoms with van der Waals surface area (Å²) in [5.41, 5.74) is 3.19. The van der Waals surface area contributed by atoms with Crippen LogP contribution in [0.2, 0.25) is 0 Å². The van der Waals surface area contributed by atoms with E-state index >= 15 is 0 Å². The van der Waals surface area contributed by atoms with Gasteiger partial charge >= 0.3 is 0 Å². The molecule has 4 rings (SSSR count). The molecule has 5 heteroatoms. The zero-order valence-electron chi connectivity index (χ0n) is 12.6. The van der Waals surface area contributed by atoms with Gasteiger partial charge in [0.1, 0.15) is 5.82 Å². The zero-order chi connectivity index (χ0) is 15.6. The summed E-state index contributed by atoms with van der Waals surface area (Å²) in [6, 6.07) is 3.35. The van der Waals surface area contributed by atoms with E-state index < -0.39 is 0 Å². The Bertz CT molecular complexity index is 771. The number of fused-ring (bicyclic) bond motifs is 4. The van der Waals surface area contributed by atoms with E-state index in [0.29, 0.717) is 15.9 Å². The fraction of sp³-hybridized carbons (Fsp3) is 0.471. The van der Waals surface area contributed by atoms with E-state index in [9.17, 15) is 9.50 Å². The molecule has 1 N–H and O–H groups in total. The Morgan fingerprint density at radius 1 is 1.45 bits per heavy atom. The molecule has 1 unspecified atom stereocenters. The molecule has 1 atom stereocenters. The van der Waals surface area contributed by atoms with E-state index in [2.05, 4.69) is 32.9 Å². The van der Waals surface area contributed by atoms with Crippen LogP contribution in [0, 0.1) is 11.7 Å². The van der Waals surface area contributed by atoms with Crippen molar-refractivity contribution >= 4 is 32.5 Å². The van der Waals surface area contributed by atoms with E-state index in [0.717, 1.165) is 30.5 Å². The number of anilines is 1. The number of likely N-dealkylation sites (N-methyl/N-ethyl adjacent to an activating group) is 1. The Morgan fingerprint density at radius 2 is 2.18 bits per heavy atom. The summed E-state index contributed by atoms with van der Waals surface area (Å²) in [6.07, 6.45) is 3.55. The first kappa shape index (κ1) is 14.4. The van der Waals surface area contributed by atoms with Crippen molar-refractivity contribution in [3.8, 4) is 0 Å². The molecule has 2 heterocycles. The maximum absolute atomic E-state index is 13.8. The highest BCUT2D eigenvalue weighted by molar-refractivity contribution is 9.10. The van der Waals surface area contributed by atoms with Gasteiger partial charge in [0.2, 0.25) is 0 Å². The van der Waals surface area contributed by atoms with E-state index in [4.69, 9.17) is 0 Å². The second-order valence-electron chi connectivity index (χ2n) is 6.85. The third-order valence-electron chi connectivity index (χ3n) is 5.36. The third kappa shape index (κ3) is 1.85. The van der Waals surface area contributed by atoms with Crippen LogP contribution in [0.5, 0.6) is 0 Å².